The van der Waals surface area contributed by atoms with E-state index < -0.39 is 10.0 Å². The van der Waals surface area contributed by atoms with Gasteiger partial charge in [-0.1, -0.05) is 22.9 Å². The number of sulfonamides is 1. The van der Waals surface area contributed by atoms with Crippen molar-refractivity contribution in [1.29, 1.82) is 0 Å². The van der Waals surface area contributed by atoms with Gasteiger partial charge in [0.25, 0.3) is 10.0 Å². The molecule has 0 radical (unpaired) electrons. The summed E-state index contributed by atoms with van der Waals surface area (Å²) in [7, 11) is -3.32. The van der Waals surface area contributed by atoms with Gasteiger partial charge in [-0.2, -0.15) is 0 Å². The Kier molecular flexibility index (Phi) is 3.45. The third-order valence-electron chi connectivity index (χ3n) is 2.71. The summed E-state index contributed by atoms with van der Waals surface area (Å²) in [6.07, 6.45) is 2.72. The summed E-state index contributed by atoms with van der Waals surface area (Å²) in [4.78, 5) is 1.10. The molecule has 0 aromatic carbocycles. The first-order valence-corrected chi connectivity index (χ1v) is 8.62. The van der Waals surface area contributed by atoms with Crippen LogP contribution in [0.4, 0.5) is 0 Å². The van der Waals surface area contributed by atoms with Crippen LogP contribution in [0.25, 0.3) is 0 Å². The molecule has 1 saturated carbocycles. The maximum atomic E-state index is 12.1. The van der Waals surface area contributed by atoms with Gasteiger partial charge in [-0.15, -0.1) is 11.3 Å². The molecule has 1 aliphatic carbocycles. The Balaban J connectivity index is 2.19. The zero-order chi connectivity index (χ0) is 11.8. The van der Waals surface area contributed by atoms with Gasteiger partial charge in [-0.25, -0.2) is 13.1 Å². The van der Waals surface area contributed by atoms with E-state index in [-0.39, 0.29) is 5.54 Å². The first-order valence-electron chi connectivity index (χ1n) is 5.20. The van der Waals surface area contributed by atoms with Gasteiger partial charge in [0, 0.05) is 15.7 Å². The molecule has 0 aliphatic heterocycles. The largest absolute Gasteiger partial charge is 0.250 e. The molecule has 0 atom stereocenters. The highest BCUT2D eigenvalue weighted by molar-refractivity contribution is 9.09. The molecule has 0 unspecified atom stereocenters. The molecule has 1 heterocycles. The molecule has 1 fully saturated rings. The maximum absolute atomic E-state index is 12.1. The Morgan fingerprint density at radius 3 is 2.62 bits per heavy atom. The molecule has 6 heteroatoms. The van der Waals surface area contributed by atoms with Crippen molar-refractivity contribution in [3.05, 3.63) is 17.0 Å². The summed E-state index contributed by atoms with van der Waals surface area (Å²) in [6.45, 7) is 2.02. The van der Waals surface area contributed by atoms with Crippen LogP contribution in [0.15, 0.2) is 16.3 Å². The quantitative estimate of drug-likeness (QED) is 0.846. The molecule has 1 aromatic heterocycles. The van der Waals surface area contributed by atoms with Gasteiger partial charge in [0.15, 0.2) is 0 Å². The van der Waals surface area contributed by atoms with Crippen LogP contribution in [-0.4, -0.2) is 19.3 Å². The van der Waals surface area contributed by atoms with Crippen molar-refractivity contribution in [3.63, 3.8) is 0 Å². The lowest BCUT2D eigenvalue weighted by molar-refractivity contribution is 0.563. The van der Waals surface area contributed by atoms with Crippen molar-refractivity contribution in [2.24, 2.45) is 0 Å². The van der Waals surface area contributed by atoms with E-state index in [1.54, 1.807) is 6.07 Å². The maximum Gasteiger partial charge on any atom is 0.250 e. The Morgan fingerprint density at radius 1 is 1.50 bits per heavy atom. The van der Waals surface area contributed by atoms with Crippen LogP contribution in [0.1, 0.15) is 24.6 Å². The van der Waals surface area contributed by atoms with Crippen LogP contribution in [0.3, 0.4) is 0 Å². The van der Waals surface area contributed by atoms with Gasteiger partial charge in [0.05, 0.1) is 0 Å². The minimum atomic E-state index is -3.32. The summed E-state index contributed by atoms with van der Waals surface area (Å²) in [5, 5.41) is 0.686. The van der Waals surface area contributed by atoms with E-state index in [9.17, 15) is 8.42 Å². The van der Waals surface area contributed by atoms with Crippen molar-refractivity contribution < 1.29 is 8.42 Å². The van der Waals surface area contributed by atoms with Gasteiger partial charge in [-0.3, -0.25) is 0 Å². The predicted molar refractivity (Wildman–Crippen MR) is 69.8 cm³/mol. The van der Waals surface area contributed by atoms with Crippen LogP contribution in [0.2, 0.25) is 0 Å². The fourth-order valence-corrected chi connectivity index (χ4v) is 5.08. The molecule has 0 spiro atoms. The summed E-state index contributed by atoms with van der Waals surface area (Å²) in [5.74, 6) is 0. The van der Waals surface area contributed by atoms with Crippen LogP contribution >= 0.6 is 27.3 Å². The third kappa shape index (κ3) is 2.50. The average molecular weight is 324 g/mol. The van der Waals surface area contributed by atoms with Gasteiger partial charge >= 0.3 is 0 Å². The lowest BCUT2D eigenvalue weighted by Crippen LogP contribution is -2.37. The van der Waals surface area contributed by atoms with Gasteiger partial charge in [0.2, 0.25) is 0 Å². The number of nitrogens with one attached hydrogen (secondary N) is 1. The SMILES string of the molecule is CCc1ccc(S(=O)(=O)NC2(CBr)CC2)s1. The van der Waals surface area contributed by atoms with Crippen molar-refractivity contribution in [2.75, 3.05) is 5.33 Å². The molecule has 1 N–H and O–H groups in total. The highest BCUT2D eigenvalue weighted by atomic mass is 79.9. The Morgan fingerprint density at radius 2 is 2.19 bits per heavy atom. The van der Waals surface area contributed by atoms with Crippen molar-refractivity contribution in [1.82, 2.24) is 4.72 Å². The zero-order valence-electron chi connectivity index (χ0n) is 8.99. The third-order valence-corrected chi connectivity index (χ3v) is 7.08. The molecule has 1 aromatic rings. The van der Waals surface area contributed by atoms with Gasteiger partial charge in [0.1, 0.15) is 4.21 Å². The topological polar surface area (TPSA) is 46.2 Å². The highest BCUT2D eigenvalue weighted by Crippen LogP contribution is 2.38. The molecule has 0 saturated heterocycles. The minimum absolute atomic E-state index is 0.227. The second kappa shape index (κ2) is 4.40. The molecule has 0 bridgehead atoms. The number of thiophene rings is 1. The Bertz CT molecular complexity index is 477. The molecule has 2 rings (SSSR count). The normalized spacial score (nSPS) is 18.6. The number of hydrogen-bond donors (Lipinski definition) is 1. The van der Waals surface area contributed by atoms with E-state index in [0.717, 1.165) is 24.1 Å². The van der Waals surface area contributed by atoms with Gasteiger partial charge < -0.3 is 0 Å². The molecule has 1 aliphatic rings. The fraction of sp³-hybridized carbons (Fsp3) is 0.600. The molecule has 3 nitrogen and oxygen atoms in total. The summed E-state index contributed by atoms with van der Waals surface area (Å²) >= 11 is 4.71. The molecule has 90 valence electrons. The first kappa shape index (κ1) is 12.5. The summed E-state index contributed by atoms with van der Waals surface area (Å²) in [5.41, 5.74) is -0.227. The minimum Gasteiger partial charge on any atom is -0.206 e. The lowest BCUT2D eigenvalue weighted by Gasteiger charge is -2.13. The second-order valence-corrected chi connectivity index (χ2v) is 7.73. The van der Waals surface area contributed by atoms with Crippen molar-refractivity contribution in [3.8, 4) is 0 Å². The summed E-state index contributed by atoms with van der Waals surface area (Å²) in [6, 6.07) is 3.57. The first-order chi connectivity index (χ1) is 7.51. The van der Waals surface area contributed by atoms with E-state index in [4.69, 9.17) is 0 Å². The number of aryl methyl sites for hydroxylation is 1. The van der Waals surface area contributed by atoms with E-state index in [1.165, 1.54) is 11.3 Å². The van der Waals surface area contributed by atoms with E-state index >= 15 is 0 Å². The van der Waals surface area contributed by atoms with Crippen LogP contribution in [-0.2, 0) is 16.4 Å². The zero-order valence-corrected chi connectivity index (χ0v) is 12.2. The predicted octanol–water partition coefficient (Wildman–Crippen LogP) is 2.52. The van der Waals surface area contributed by atoms with Crippen LogP contribution in [0, 0.1) is 0 Å². The highest BCUT2D eigenvalue weighted by Gasteiger charge is 2.45. The van der Waals surface area contributed by atoms with Crippen LogP contribution in [0.5, 0.6) is 0 Å². The molecule has 0 amide bonds. The number of hydrogen-bond acceptors (Lipinski definition) is 3. The smallest absolute Gasteiger partial charge is 0.206 e. The van der Waals surface area contributed by atoms with Crippen molar-refractivity contribution in [2.45, 2.75) is 35.9 Å². The number of halogens is 1. The molecular weight excluding hydrogens is 310 g/mol. The second-order valence-electron chi connectivity index (χ2n) is 4.09. The Labute approximate surface area is 108 Å². The fourth-order valence-electron chi connectivity index (χ4n) is 1.44. The molecular formula is C10H14BrNO2S2. The monoisotopic (exact) mass is 323 g/mol. The van der Waals surface area contributed by atoms with E-state index in [2.05, 4.69) is 20.7 Å². The number of rotatable bonds is 5. The van der Waals surface area contributed by atoms with Crippen LogP contribution < -0.4 is 4.72 Å². The number of alkyl halides is 1. The lowest BCUT2D eigenvalue weighted by atomic mass is 10.4. The van der Waals surface area contributed by atoms with E-state index in [1.807, 2.05) is 13.0 Å². The Hall–Kier alpha value is 0.0900. The van der Waals surface area contributed by atoms with E-state index in [0.29, 0.717) is 9.54 Å². The van der Waals surface area contributed by atoms with Gasteiger partial charge in [-0.05, 0) is 31.4 Å². The van der Waals surface area contributed by atoms with Crippen molar-refractivity contribution >= 4 is 37.3 Å². The molecule has 16 heavy (non-hydrogen) atoms. The summed E-state index contributed by atoms with van der Waals surface area (Å²) < 4.78 is 27.3. The average Bonchev–Trinajstić information content (AvgIpc) is 2.82. The standard InChI is InChI=1S/C10H14BrNO2S2/c1-2-8-3-4-9(15-8)16(13,14)12-10(7-11)5-6-10/h3-4,12H,2,5-7H2,1H3.